The van der Waals surface area contributed by atoms with Crippen molar-refractivity contribution in [1.29, 1.82) is 5.26 Å². The van der Waals surface area contributed by atoms with Crippen molar-refractivity contribution in [2.24, 2.45) is 0 Å². The molecule has 0 aliphatic carbocycles. The number of morpholine rings is 1. The van der Waals surface area contributed by atoms with Gasteiger partial charge in [-0.2, -0.15) is 5.26 Å². The third kappa shape index (κ3) is 3.77. The Morgan fingerprint density at radius 3 is 2.89 bits per heavy atom. The van der Waals surface area contributed by atoms with E-state index in [0.29, 0.717) is 51.6 Å². The lowest BCUT2D eigenvalue weighted by Gasteiger charge is -2.41. The van der Waals surface area contributed by atoms with Crippen LogP contribution in [0.1, 0.15) is 29.7 Å². The lowest BCUT2D eigenvalue weighted by atomic mass is 10.0. The molecular weight excluding hydrogens is 358 g/mol. The van der Waals surface area contributed by atoms with E-state index in [1.54, 1.807) is 0 Å². The Balaban J connectivity index is 1.50. The molecule has 3 aliphatic rings. The van der Waals surface area contributed by atoms with Gasteiger partial charge in [-0.1, -0.05) is 0 Å². The molecule has 8 nitrogen and oxygen atoms in total. The Kier molecular flexibility index (Phi) is 5.64. The van der Waals surface area contributed by atoms with Crippen LogP contribution in [0, 0.1) is 11.3 Å². The highest BCUT2D eigenvalue weighted by Crippen LogP contribution is 2.27. The predicted octanol–water partition coefficient (Wildman–Crippen LogP) is 1.38. The van der Waals surface area contributed by atoms with Crippen molar-refractivity contribution in [1.82, 2.24) is 14.8 Å². The van der Waals surface area contributed by atoms with Crippen LogP contribution in [0.15, 0.2) is 6.07 Å². The molecule has 8 heteroatoms. The maximum atomic E-state index is 12.9. The van der Waals surface area contributed by atoms with Gasteiger partial charge in [0.25, 0.3) is 0 Å². The Morgan fingerprint density at radius 2 is 2.11 bits per heavy atom. The van der Waals surface area contributed by atoms with Crippen LogP contribution in [-0.4, -0.2) is 79.9 Å². The molecule has 1 aromatic heterocycles. The van der Waals surface area contributed by atoms with Crippen LogP contribution in [0.4, 0.5) is 10.6 Å². The fourth-order valence-corrected chi connectivity index (χ4v) is 4.19. The minimum absolute atomic E-state index is 0.0613. The van der Waals surface area contributed by atoms with E-state index in [-0.39, 0.29) is 12.1 Å². The SMILES string of the molecule is CN(C(=O)N1CCOCC1)C1CCCN(c2nc3c(cc2C#N)COCC3)C1. The van der Waals surface area contributed by atoms with Crippen LogP contribution in [0.5, 0.6) is 0 Å². The number of piperidine rings is 1. The van der Waals surface area contributed by atoms with E-state index in [0.717, 1.165) is 42.9 Å². The zero-order valence-corrected chi connectivity index (χ0v) is 16.4. The van der Waals surface area contributed by atoms with E-state index in [1.807, 2.05) is 22.9 Å². The molecule has 1 atom stereocenters. The third-order valence-electron chi connectivity index (χ3n) is 5.86. The number of fused-ring (bicyclic) bond motifs is 1. The number of carbonyl (C=O) groups is 1. The van der Waals surface area contributed by atoms with Crippen molar-refractivity contribution in [3.8, 4) is 6.07 Å². The van der Waals surface area contributed by atoms with Gasteiger partial charge in [-0.15, -0.1) is 0 Å². The van der Waals surface area contributed by atoms with Gasteiger partial charge < -0.3 is 24.2 Å². The molecule has 150 valence electrons. The molecule has 0 spiro atoms. The number of nitrogens with zero attached hydrogens (tertiary/aromatic N) is 5. The van der Waals surface area contributed by atoms with E-state index in [9.17, 15) is 10.1 Å². The van der Waals surface area contributed by atoms with Gasteiger partial charge >= 0.3 is 6.03 Å². The lowest BCUT2D eigenvalue weighted by molar-refractivity contribution is 0.0414. The Morgan fingerprint density at radius 1 is 1.29 bits per heavy atom. The molecule has 2 saturated heterocycles. The zero-order valence-electron chi connectivity index (χ0n) is 16.4. The molecule has 2 amide bonds. The largest absolute Gasteiger partial charge is 0.378 e. The number of urea groups is 1. The van der Waals surface area contributed by atoms with Crippen molar-refractivity contribution in [2.45, 2.75) is 31.9 Å². The first kappa shape index (κ1) is 19.0. The summed E-state index contributed by atoms with van der Waals surface area (Å²) in [6.45, 7) is 5.24. The number of pyridine rings is 1. The maximum absolute atomic E-state index is 12.9. The molecule has 0 aromatic carbocycles. The molecule has 28 heavy (non-hydrogen) atoms. The molecule has 0 bridgehead atoms. The number of hydrogen-bond donors (Lipinski definition) is 0. The highest BCUT2D eigenvalue weighted by Gasteiger charge is 2.31. The van der Waals surface area contributed by atoms with Crippen molar-refractivity contribution < 1.29 is 14.3 Å². The number of carbonyl (C=O) groups excluding carboxylic acids is 1. The summed E-state index contributed by atoms with van der Waals surface area (Å²) in [4.78, 5) is 23.6. The summed E-state index contributed by atoms with van der Waals surface area (Å²) in [5, 5.41) is 9.64. The Hall–Kier alpha value is -2.37. The Bertz CT molecular complexity index is 772. The highest BCUT2D eigenvalue weighted by molar-refractivity contribution is 5.74. The first-order chi connectivity index (χ1) is 13.7. The van der Waals surface area contributed by atoms with E-state index in [4.69, 9.17) is 14.5 Å². The summed E-state index contributed by atoms with van der Waals surface area (Å²) < 4.78 is 10.8. The topological polar surface area (TPSA) is 81.9 Å². The molecule has 4 heterocycles. The summed E-state index contributed by atoms with van der Waals surface area (Å²) >= 11 is 0. The second-order valence-corrected chi connectivity index (χ2v) is 7.61. The molecule has 4 rings (SSSR count). The van der Waals surface area contributed by atoms with Gasteiger partial charge in [-0.25, -0.2) is 9.78 Å². The monoisotopic (exact) mass is 385 g/mol. The molecule has 3 aliphatic heterocycles. The van der Waals surface area contributed by atoms with Gasteiger partial charge in [-0.3, -0.25) is 0 Å². The molecule has 2 fully saturated rings. The number of hydrogen-bond acceptors (Lipinski definition) is 6. The normalized spacial score (nSPS) is 22.4. The summed E-state index contributed by atoms with van der Waals surface area (Å²) in [6, 6.07) is 4.39. The van der Waals surface area contributed by atoms with Crippen LogP contribution in [0.25, 0.3) is 0 Å². The molecular formula is C20H27N5O3. The predicted molar refractivity (Wildman–Crippen MR) is 103 cm³/mol. The number of nitriles is 1. The quantitative estimate of drug-likeness (QED) is 0.765. The van der Waals surface area contributed by atoms with Crippen LogP contribution < -0.4 is 4.90 Å². The average molecular weight is 385 g/mol. The van der Waals surface area contributed by atoms with Crippen LogP contribution >= 0.6 is 0 Å². The second-order valence-electron chi connectivity index (χ2n) is 7.61. The van der Waals surface area contributed by atoms with Crippen molar-refractivity contribution in [3.05, 3.63) is 22.9 Å². The van der Waals surface area contributed by atoms with E-state index < -0.39 is 0 Å². The van der Waals surface area contributed by atoms with E-state index >= 15 is 0 Å². The first-order valence-electron chi connectivity index (χ1n) is 10.0. The van der Waals surface area contributed by atoms with Crippen LogP contribution in [-0.2, 0) is 22.5 Å². The van der Waals surface area contributed by atoms with Crippen LogP contribution in [0.2, 0.25) is 0 Å². The number of amides is 2. The number of likely N-dealkylation sites (N-methyl/N-ethyl adjacent to an activating group) is 1. The number of ether oxygens (including phenoxy) is 2. The van der Waals surface area contributed by atoms with Gasteiger partial charge in [0.2, 0.25) is 0 Å². The standard InChI is InChI=1S/C20H27N5O3/c1-23(20(26)24-6-9-27-10-7-24)17-3-2-5-25(13-17)19-15(12-21)11-16-14-28-8-4-18(16)22-19/h11,17H,2-10,13-14H2,1H3. The van der Waals surface area contributed by atoms with Gasteiger partial charge in [0.1, 0.15) is 11.9 Å². The summed E-state index contributed by atoms with van der Waals surface area (Å²) in [5.41, 5.74) is 2.63. The summed E-state index contributed by atoms with van der Waals surface area (Å²) in [6.07, 6.45) is 2.71. The fraction of sp³-hybridized carbons (Fsp3) is 0.650. The summed E-state index contributed by atoms with van der Waals surface area (Å²) in [7, 11) is 1.88. The molecule has 1 unspecified atom stereocenters. The highest BCUT2D eigenvalue weighted by atomic mass is 16.5. The Labute approximate surface area is 165 Å². The molecule has 0 saturated carbocycles. The van der Waals surface area contributed by atoms with Crippen molar-refractivity contribution in [3.63, 3.8) is 0 Å². The lowest BCUT2D eigenvalue weighted by Crippen LogP contribution is -2.54. The third-order valence-corrected chi connectivity index (χ3v) is 5.86. The van der Waals surface area contributed by atoms with Crippen molar-refractivity contribution >= 4 is 11.8 Å². The van der Waals surface area contributed by atoms with Gasteiger partial charge in [0.05, 0.1) is 43.7 Å². The number of aromatic nitrogens is 1. The number of rotatable bonds is 2. The molecule has 0 N–H and O–H groups in total. The van der Waals surface area contributed by atoms with Crippen molar-refractivity contribution in [2.75, 3.05) is 57.9 Å². The molecule has 0 radical (unpaired) electrons. The minimum atomic E-state index is 0.0613. The smallest absolute Gasteiger partial charge is 0.320 e. The van der Waals surface area contributed by atoms with E-state index in [2.05, 4.69) is 11.0 Å². The molecule has 1 aromatic rings. The zero-order chi connectivity index (χ0) is 19.5. The first-order valence-corrected chi connectivity index (χ1v) is 10.0. The fourth-order valence-electron chi connectivity index (χ4n) is 4.19. The second kappa shape index (κ2) is 8.33. The van der Waals surface area contributed by atoms with Crippen LogP contribution in [0.3, 0.4) is 0 Å². The summed E-state index contributed by atoms with van der Waals surface area (Å²) in [5.74, 6) is 0.750. The maximum Gasteiger partial charge on any atom is 0.320 e. The number of anilines is 1. The van der Waals surface area contributed by atoms with E-state index in [1.165, 1.54) is 0 Å². The van der Waals surface area contributed by atoms with Gasteiger partial charge in [0, 0.05) is 45.2 Å². The average Bonchev–Trinajstić information content (AvgIpc) is 2.77. The van der Waals surface area contributed by atoms with Gasteiger partial charge in [0.15, 0.2) is 0 Å². The minimum Gasteiger partial charge on any atom is -0.378 e. The van der Waals surface area contributed by atoms with Gasteiger partial charge in [-0.05, 0) is 18.9 Å².